The zero-order valence-electron chi connectivity index (χ0n) is 9.16. The largest absolute Gasteiger partial charge is 0.454 e. The lowest BCUT2D eigenvalue weighted by Gasteiger charge is -2.11. The molecule has 0 saturated heterocycles. The van der Waals surface area contributed by atoms with E-state index in [1.807, 2.05) is 0 Å². The van der Waals surface area contributed by atoms with E-state index in [0.29, 0.717) is 0 Å². The van der Waals surface area contributed by atoms with Gasteiger partial charge in [-0.2, -0.15) is 4.39 Å². The molecular weight excluding hydrogens is 245 g/mol. The quantitative estimate of drug-likeness (QED) is 0.909. The maximum Gasteiger partial charge on any atom is 0.201 e. The molecule has 0 aromatic heterocycles. The van der Waals surface area contributed by atoms with Gasteiger partial charge in [-0.25, -0.2) is 8.78 Å². The van der Waals surface area contributed by atoms with Crippen molar-refractivity contribution in [2.75, 3.05) is 0 Å². The molecule has 0 heterocycles. The molecule has 0 fully saturated rings. The second-order valence-corrected chi connectivity index (χ2v) is 3.53. The van der Waals surface area contributed by atoms with Gasteiger partial charge in [0.15, 0.2) is 11.6 Å². The third-order valence-corrected chi connectivity index (χ3v) is 2.37. The summed E-state index contributed by atoms with van der Waals surface area (Å²) < 4.78 is 44.7. The Balaban J connectivity index is 2.40. The second-order valence-electron chi connectivity index (χ2n) is 3.53. The molecule has 94 valence electrons. The highest BCUT2D eigenvalue weighted by Crippen LogP contribution is 2.29. The Morgan fingerprint density at radius 3 is 2.17 bits per heavy atom. The third-order valence-electron chi connectivity index (χ3n) is 2.37. The number of aliphatic hydroxyl groups is 1. The SMILES string of the molecule is OCc1c(F)cccc1Oc1cccc(F)c1F. The van der Waals surface area contributed by atoms with Crippen LogP contribution in [0.25, 0.3) is 0 Å². The third kappa shape index (κ3) is 2.31. The monoisotopic (exact) mass is 254 g/mol. The molecule has 2 nitrogen and oxygen atoms in total. The number of benzene rings is 2. The van der Waals surface area contributed by atoms with E-state index < -0.39 is 24.1 Å². The number of hydrogen-bond donors (Lipinski definition) is 1. The number of aliphatic hydroxyl groups excluding tert-OH is 1. The van der Waals surface area contributed by atoms with Crippen LogP contribution in [0, 0.1) is 17.5 Å². The summed E-state index contributed by atoms with van der Waals surface area (Å²) in [6, 6.07) is 7.28. The number of hydrogen-bond acceptors (Lipinski definition) is 2. The molecule has 0 atom stereocenters. The first kappa shape index (κ1) is 12.4. The fraction of sp³-hybridized carbons (Fsp3) is 0.0769. The Kier molecular flexibility index (Phi) is 3.53. The van der Waals surface area contributed by atoms with Crippen molar-refractivity contribution in [3.05, 3.63) is 59.4 Å². The first-order valence-corrected chi connectivity index (χ1v) is 5.13. The molecule has 5 heteroatoms. The van der Waals surface area contributed by atoms with Gasteiger partial charge in [0.1, 0.15) is 11.6 Å². The molecule has 0 amide bonds. The average molecular weight is 254 g/mol. The van der Waals surface area contributed by atoms with Crippen molar-refractivity contribution >= 4 is 0 Å². The molecule has 0 unspecified atom stereocenters. The van der Waals surface area contributed by atoms with Crippen molar-refractivity contribution in [3.63, 3.8) is 0 Å². The highest BCUT2D eigenvalue weighted by molar-refractivity contribution is 5.38. The average Bonchev–Trinajstić information content (AvgIpc) is 2.35. The smallest absolute Gasteiger partial charge is 0.201 e. The van der Waals surface area contributed by atoms with Crippen LogP contribution in [-0.2, 0) is 6.61 Å². The summed E-state index contributed by atoms with van der Waals surface area (Å²) in [5, 5.41) is 9.01. The van der Waals surface area contributed by atoms with E-state index in [4.69, 9.17) is 9.84 Å². The Morgan fingerprint density at radius 2 is 1.50 bits per heavy atom. The van der Waals surface area contributed by atoms with Crippen LogP contribution in [-0.4, -0.2) is 5.11 Å². The highest BCUT2D eigenvalue weighted by Gasteiger charge is 2.13. The van der Waals surface area contributed by atoms with Gasteiger partial charge in [-0.15, -0.1) is 0 Å². The molecule has 0 aliphatic heterocycles. The fourth-order valence-electron chi connectivity index (χ4n) is 1.47. The molecule has 1 N–H and O–H groups in total. The summed E-state index contributed by atoms with van der Waals surface area (Å²) in [4.78, 5) is 0. The fourth-order valence-corrected chi connectivity index (χ4v) is 1.47. The standard InChI is InChI=1S/C13H9F3O2/c14-9-3-1-5-11(8(9)7-17)18-12-6-2-4-10(15)13(12)16/h1-6,17H,7H2. The molecule has 18 heavy (non-hydrogen) atoms. The molecule has 0 bridgehead atoms. The van der Waals surface area contributed by atoms with Crippen LogP contribution in [0.3, 0.4) is 0 Å². The van der Waals surface area contributed by atoms with Crippen molar-refractivity contribution in [2.45, 2.75) is 6.61 Å². The Morgan fingerprint density at radius 1 is 0.889 bits per heavy atom. The van der Waals surface area contributed by atoms with Gasteiger partial charge >= 0.3 is 0 Å². The lowest BCUT2D eigenvalue weighted by Crippen LogP contribution is -1.97. The minimum absolute atomic E-state index is 0.0537. The van der Waals surface area contributed by atoms with Crippen LogP contribution in [0.2, 0.25) is 0 Å². The van der Waals surface area contributed by atoms with Crippen molar-refractivity contribution in [1.29, 1.82) is 0 Å². The summed E-state index contributed by atoms with van der Waals surface area (Å²) in [6.07, 6.45) is 0. The van der Waals surface area contributed by atoms with E-state index in [-0.39, 0.29) is 17.1 Å². The first-order chi connectivity index (χ1) is 8.63. The minimum Gasteiger partial charge on any atom is -0.454 e. The first-order valence-electron chi connectivity index (χ1n) is 5.13. The summed E-state index contributed by atoms with van der Waals surface area (Å²) in [5.41, 5.74) is -0.110. The van der Waals surface area contributed by atoms with E-state index in [9.17, 15) is 13.2 Å². The van der Waals surface area contributed by atoms with Crippen molar-refractivity contribution in [3.8, 4) is 11.5 Å². The van der Waals surface area contributed by atoms with Gasteiger partial charge in [-0.3, -0.25) is 0 Å². The number of ether oxygens (including phenoxy) is 1. The molecule has 0 aliphatic carbocycles. The van der Waals surface area contributed by atoms with Crippen molar-refractivity contribution in [2.24, 2.45) is 0 Å². The molecule has 0 spiro atoms. The van der Waals surface area contributed by atoms with Gasteiger partial charge in [0, 0.05) is 0 Å². The van der Waals surface area contributed by atoms with E-state index >= 15 is 0 Å². The summed E-state index contributed by atoms with van der Waals surface area (Å²) in [6.45, 7) is -0.598. The Bertz CT molecular complexity index is 570. The summed E-state index contributed by atoms with van der Waals surface area (Å²) in [5.74, 6) is -3.32. The lowest BCUT2D eigenvalue weighted by molar-refractivity contribution is 0.269. The van der Waals surface area contributed by atoms with E-state index in [1.54, 1.807) is 0 Å². The molecule has 2 aromatic carbocycles. The van der Waals surface area contributed by atoms with Crippen LogP contribution >= 0.6 is 0 Å². The van der Waals surface area contributed by atoms with Crippen LogP contribution < -0.4 is 4.74 Å². The summed E-state index contributed by atoms with van der Waals surface area (Å²) in [7, 11) is 0. The Hall–Kier alpha value is -2.01. The molecule has 2 rings (SSSR count). The predicted molar refractivity (Wildman–Crippen MR) is 58.8 cm³/mol. The van der Waals surface area contributed by atoms with E-state index in [1.165, 1.54) is 24.3 Å². The number of rotatable bonds is 3. The second kappa shape index (κ2) is 5.10. The summed E-state index contributed by atoms with van der Waals surface area (Å²) >= 11 is 0. The van der Waals surface area contributed by atoms with Gasteiger partial charge in [0.05, 0.1) is 12.2 Å². The minimum atomic E-state index is -1.16. The van der Waals surface area contributed by atoms with Crippen LogP contribution in [0.4, 0.5) is 13.2 Å². The zero-order chi connectivity index (χ0) is 13.1. The van der Waals surface area contributed by atoms with Crippen LogP contribution in [0.15, 0.2) is 36.4 Å². The van der Waals surface area contributed by atoms with Crippen molar-refractivity contribution in [1.82, 2.24) is 0 Å². The van der Waals surface area contributed by atoms with Crippen LogP contribution in [0.1, 0.15) is 5.56 Å². The maximum absolute atomic E-state index is 13.4. The van der Waals surface area contributed by atoms with Crippen molar-refractivity contribution < 1.29 is 23.0 Å². The molecular formula is C13H9F3O2. The highest BCUT2D eigenvalue weighted by atomic mass is 19.2. The van der Waals surface area contributed by atoms with Gasteiger partial charge < -0.3 is 9.84 Å². The molecule has 2 aromatic rings. The van der Waals surface area contributed by atoms with Crippen LogP contribution in [0.5, 0.6) is 11.5 Å². The lowest BCUT2D eigenvalue weighted by atomic mass is 10.2. The Labute approximate surface area is 101 Å². The predicted octanol–water partition coefficient (Wildman–Crippen LogP) is 3.39. The van der Waals surface area contributed by atoms with Gasteiger partial charge in [0.25, 0.3) is 0 Å². The molecule has 0 saturated carbocycles. The van der Waals surface area contributed by atoms with E-state index in [0.717, 1.165) is 12.1 Å². The normalized spacial score (nSPS) is 10.4. The molecule has 0 radical (unpaired) electrons. The molecule has 0 aliphatic rings. The van der Waals surface area contributed by atoms with E-state index in [2.05, 4.69) is 0 Å². The van der Waals surface area contributed by atoms with Gasteiger partial charge in [-0.05, 0) is 24.3 Å². The van der Waals surface area contributed by atoms with Gasteiger partial charge in [0.2, 0.25) is 5.82 Å². The topological polar surface area (TPSA) is 29.5 Å². The maximum atomic E-state index is 13.4. The number of halogens is 3. The zero-order valence-corrected chi connectivity index (χ0v) is 9.16. The van der Waals surface area contributed by atoms with Gasteiger partial charge in [-0.1, -0.05) is 12.1 Å².